The molecule has 4 atom stereocenters. The fourth-order valence-corrected chi connectivity index (χ4v) is 8.48. The number of benzene rings is 1. The average Bonchev–Trinajstić information content (AvgIpc) is 3.73. The first kappa shape index (κ1) is 33.9. The van der Waals surface area contributed by atoms with Crippen molar-refractivity contribution in [3.8, 4) is 11.5 Å². The summed E-state index contributed by atoms with van der Waals surface area (Å²) in [5.41, 5.74) is 2.96. The van der Waals surface area contributed by atoms with Crippen LogP contribution in [0.5, 0.6) is 11.5 Å². The lowest BCUT2D eigenvalue weighted by atomic mass is 9.57. The number of phenols is 1. The molecule has 1 aromatic rings. The Labute approximate surface area is 270 Å². The number of aliphatic hydroxyl groups is 3. The Balaban J connectivity index is 1.62. The van der Waals surface area contributed by atoms with Crippen LogP contribution in [0.4, 0.5) is 0 Å². The predicted molar refractivity (Wildman–Crippen MR) is 172 cm³/mol. The zero-order valence-electron chi connectivity index (χ0n) is 28.2. The maximum atomic E-state index is 14.1. The van der Waals surface area contributed by atoms with Gasteiger partial charge in [0.2, 0.25) is 5.78 Å². The molecule has 2 fully saturated rings. The van der Waals surface area contributed by atoms with Gasteiger partial charge in [0.25, 0.3) is 5.91 Å². The molecule has 0 unspecified atom stereocenters. The summed E-state index contributed by atoms with van der Waals surface area (Å²) in [5, 5.41) is 45.9. The number of methoxy groups -OCH3 is 1. The lowest BCUT2D eigenvalue weighted by Gasteiger charge is -2.50. The number of ether oxygens (including phenoxy) is 1. The van der Waals surface area contributed by atoms with Gasteiger partial charge < -0.3 is 30.9 Å². The van der Waals surface area contributed by atoms with Gasteiger partial charge in [0.05, 0.1) is 18.7 Å². The van der Waals surface area contributed by atoms with E-state index in [0.717, 1.165) is 18.5 Å². The van der Waals surface area contributed by atoms with E-state index < -0.39 is 58.0 Å². The smallest absolute Gasteiger partial charge is 0.255 e. The van der Waals surface area contributed by atoms with Gasteiger partial charge in [-0.25, -0.2) is 0 Å². The van der Waals surface area contributed by atoms with Gasteiger partial charge in [-0.2, -0.15) is 0 Å². The molecule has 1 aromatic carbocycles. The number of amides is 1. The summed E-state index contributed by atoms with van der Waals surface area (Å²) in [6.07, 6.45) is 3.50. The van der Waals surface area contributed by atoms with Crippen LogP contribution in [-0.4, -0.2) is 92.6 Å². The maximum absolute atomic E-state index is 14.1. The number of nitrogens with two attached hydrogens (primary N) is 1. The molecule has 0 spiro atoms. The molecule has 1 amide bonds. The minimum atomic E-state index is -2.67. The van der Waals surface area contributed by atoms with E-state index in [1.165, 1.54) is 17.7 Å². The molecule has 11 heteroatoms. The highest BCUT2D eigenvalue weighted by molar-refractivity contribution is 6.24. The van der Waals surface area contributed by atoms with Crippen molar-refractivity contribution in [2.24, 2.45) is 28.9 Å². The quantitative estimate of drug-likeness (QED) is 0.252. The van der Waals surface area contributed by atoms with E-state index in [1.807, 2.05) is 0 Å². The van der Waals surface area contributed by atoms with Crippen LogP contribution < -0.4 is 10.5 Å². The standard InChI is InChI=1S/C35H49N3O8/c1-33(2,3)16-34(4,5)38(14-17-9-10-17)15-19-13-22(39)24-20(29(19)46-8)11-18-12-21-26(37(6)7)28(41)25(32(36)44)31(43)35(21,45)30(42)23(18)27(24)40/h13,17-18,21,26,39-40,43,45H,9-12,14-16H2,1-8H3,(H2,36,44)/t18-,21-,26-,35-/m0/s1. The minimum absolute atomic E-state index is 0.0202. The van der Waals surface area contributed by atoms with Crippen LogP contribution >= 0.6 is 0 Å². The van der Waals surface area contributed by atoms with Crippen molar-refractivity contribution in [3.63, 3.8) is 0 Å². The van der Waals surface area contributed by atoms with E-state index in [4.69, 9.17) is 10.5 Å². The zero-order valence-corrected chi connectivity index (χ0v) is 28.2. The number of Topliss-reactive ketones (excluding diaryl/α,β-unsaturated/α-hetero) is 2. The Morgan fingerprint density at radius 3 is 2.26 bits per heavy atom. The maximum Gasteiger partial charge on any atom is 0.255 e. The topological polar surface area (TPSA) is 174 Å². The van der Waals surface area contributed by atoms with E-state index in [2.05, 4.69) is 39.5 Å². The molecule has 4 aliphatic carbocycles. The number of ketones is 2. The zero-order chi connectivity index (χ0) is 34.3. The van der Waals surface area contributed by atoms with Crippen molar-refractivity contribution >= 4 is 23.2 Å². The summed E-state index contributed by atoms with van der Waals surface area (Å²) >= 11 is 0. The lowest BCUT2D eigenvalue weighted by molar-refractivity contribution is -0.153. The first-order valence-corrected chi connectivity index (χ1v) is 16.1. The van der Waals surface area contributed by atoms with Gasteiger partial charge in [0, 0.05) is 41.2 Å². The van der Waals surface area contributed by atoms with Crippen LogP contribution in [0.15, 0.2) is 23.0 Å². The number of primary amides is 1. The molecule has 46 heavy (non-hydrogen) atoms. The number of hydrogen-bond acceptors (Lipinski definition) is 10. The molecule has 0 aliphatic heterocycles. The summed E-state index contributed by atoms with van der Waals surface area (Å²) in [5.74, 6) is -5.64. The molecule has 252 valence electrons. The molecular formula is C35H49N3O8. The second-order valence-corrected chi connectivity index (χ2v) is 15.8. The number of aliphatic hydroxyl groups excluding tert-OH is 2. The molecule has 2 saturated carbocycles. The third-order valence-corrected chi connectivity index (χ3v) is 10.3. The van der Waals surface area contributed by atoms with Crippen LogP contribution in [0, 0.1) is 23.2 Å². The molecule has 0 saturated heterocycles. The molecule has 11 nitrogen and oxygen atoms in total. The van der Waals surface area contributed by atoms with Gasteiger partial charge in [-0.05, 0) is 83.4 Å². The van der Waals surface area contributed by atoms with Gasteiger partial charge in [-0.1, -0.05) is 20.8 Å². The summed E-state index contributed by atoms with van der Waals surface area (Å²) in [7, 11) is 4.70. The Morgan fingerprint density at radius 1 is 1.11 bits per heavy atom. The second-order valence-electron chi connectivity index (χ2n) is 15.8. The highest BCUT2D eigenvalue weighted by atomic mass is 16.5. The van der Waals surface area contributed by atoms with E-state index in [-0.39, 0.29) is 40.7 Å². The van der Waals surface area contributed by atoms with Crippen LogP contribution in [0.25, 0.3) is 5.76 Å². The van der Waals surface area contributed by atoms with Crippen molar-refractivity contribution in [1.82, 2.24) is 9.80 Å². The van der Waals surface area contributed by atoms with Gasteiger partial charge in [0.15, 0.2) is 11.4 Å². The molecule has 0 aromatic heterocycles. The van der Waals surface area contributed by atoms with E-state index in [9.17, 15) is 34.8 Å². The second kappa shape index (κ2) is 11.4. The fraction of sp³-hybridized carbons (Fsp3) is 0.629. The SMILES string of the molecule is COc1c(CN(CC2CC2)C(C)(C)CC(C)(C)C)cc(O)c2c1C[C@H]1C[C@H]3[C@H](N(C)C)C(=O)C(C(N)=O)=C(O)[C@@]3(O)C(=O)C1=C2O. The number of aromatic hydroxyl groups is 1. The molecule has 4 aliphatic rings. The highest BCUT2D eigenvalue weighted by Gasteiger charge is 2.64. The van der Waals surface area contributed by atoms with Crippen LogP contribution in [0.3, 0.4) is 0 Å². The summed E-state index contributed by atoms with van der Waals surface area (Å²) in [6, 6.07) is 0.427. The van der Waals surface area contributed by atoms with Crippen LogP contribution in [0.1, 0.15) is 77.0 Å². The van der Waals surface area contributed by atoms with Crippen molar-refractivity contribution in [3.05, 3.63) is 39.7 Å². The summed E-state index contributed by atoms with van der Waals surface area (Å²) in [6.45, 7) is 12.5. The average molecular weight is 640 g/mol. The van der Waals surface area contributed by atoms with Crippen molar-refractivity contribution in [2.45, 2.75) is 90.4 Å². The normalized spacial score (nSPS) is 26.8. The number of likely N-dealkylation sites (N-methyl/N-ethyl adjacent to an activating group) is 1. The molecule has 0 radical (unpaired) electrons. The van der Waals surface area contributed by atoms with Crippen molar-refractivity contribution < 1.29 is 39.5 Å². The van der Waals surface area contributed by atoms with Gasteiger partial charge >= 0.3 is 0 Å². The first-order valence-electron chi connectivity index (χ1n) is 16.1. The molecule has 0 heterocycles. The Kier molecular flexibility index (Phi) is 8.40. The minimum Gasteiger partial charge on any atom is -0.508 e. The van der Waals surface area contributed by atoms with E-state index >= 15 is 0 Å². The highest BCUT2D eigenvalue weighted by Crippen LogP contribution is 2.54. The molecule has 5 rings (SSSR count). The largest absolute Gasteiger partial charge is 0.508 e. The first-order chi connectivity index (χ1) is 21.2. The monoisotopic (exact) mass is 639 g/mol. The van der Waals surface area contributed by atoms with Crippen LogP contribution in [-0.2, 0) is 27.3 Å². The number of fused-ring (bicyclic) bond motifs is 3. The van der Waals surface area contributed by atoms with Crippen molar-refractivity contribution in [1.29, 1.82) is 0 Å². The number of carbonyl (C=O) groups excluding carboxylic acids is 3. The lowest BCUT2D eigenvalue weighted by Crippen LogP contribution is -2.65. The third-order valence-electron chi connectivity index (χ3n) is 10.3. The Bertz CT molecular complexity index is 1550. The number of hydrogen-bond donors (Lipinski definition) is 5. The summed E-state index contributed by atoms with van der Waals surface area (Å²) in [4.78, 5) is 43.7. The van der Waals surface area contributed by atoms with Gasteiger partial charge in [0.1, 0.15) is 28.6 Å². The number of phenolic OH excluding ortho intramolecular Hbond substituents is 1. The van der Waals surface area contributed by atoms with E-state index in [1.54, 1.807) is 27.3 Å². The van der Waals surface area contributed by atoms with Crippen molar-refractivity contribution in [2.75, 3.05) is 27.7 Å². The predicted octanol–water partition coefficient (Wildman–Crippen LogP) is 3.40. The Hall–Kier alpha value is -3.41. The van der Waals surface area contributed by atoms with E-state index in [0.29, 0.717) is 23.8 Å². The third kappa shape index (κ3) is 5.50. The fourth-order valence-electron chi connectivity index (χ4n) is 8.48. The number of nitrogens with zero attached hydrogens (tertiary/aromatic N) is 2. The molecule has 6 N–H and O–H groups in total. The number of carbonyl (C=O) groups is 3. The summed E-state index contributed by atoms with van der Waals surface area (Å²) < 4.78 is 5.98. The molecular weight excluding hydrogens is 590 g/mol. The molecule has 0 bridgehead atoms. The Morgan fingerprint density at radius 2 is 1.74 bits per heavy atom. The van der Waals surface area contributed by atoms with Crippen LogP contribution in [0.2, 0.25) is 0 Å². The number of rotatable bonds is 9. The van der Waals surface area contributed by atoms with Gasteiger partial charge in [-0.3, -0.25) is 24.2 Å². The van der Waals surface area contributed by atoms with Gasteiger partial charge in [-0.15, -0.1) is 0 Å².